The van der Waals surface area contributed by atoms with Gasteiger partial charge < -0.3 is 10.6 Å². The van der Waals surface area contributed by atoms with Crippen LogP contribution in [0.1, 0.15) is 50.7 Å². The number of aryl methyl sites for hydroxylation is 2. The molecule has 0 aromatic carbocycles. The van der Waals surface area contributed by atoms with Crippen molar-refractivity contribution in [2.45, 2.75) is 47.6 Å². The van der Waals surface area contributed by atoms with Crippen LogP contribution in [0.3, 0.4) is 0 Å². The number of hydrogen-bond acceptors (Lipinski definition) is 4. The Balaban J connectivity index is 2.13. The predicted molar refractivity (Wildman–Crippen MR) is 91.3 cm³/mol. The summed E-state index contributed by atoms with van der Waals surface area (Å²) in [7, 11) is 0. The van der Waals surface area contributed by atoms with Gasteiger partial charge in [0, 0.05) is 42.7 Å². The van der Waals surface area contributed by atoms with Crippen molar-refractivity contribution in [3.8, 4) is 0 Å². The van der Waals surface area contributed by atoms with Gasteiger partial charge in [0.25, 0.3) is 0 Å². The zero-order valence-corrected chi connectivity index (χ0v) is 14.9. The maximum Gasteiger partial charge on any atom is 0.226 e. The van der Waals surface area contributed by atoms with Crippen LogP contribution in [0.15, 0.2) is 12.3 Å². The van der Waals surface area contributed by atoms with Gasteiger partial charge in [-0.25, -0.2) is 9.50 Å². The van der Waals surface area contributed by atoms with Crippen molar-refractivity contribution in [3.05, 3.63) is 29.2 Å². The molecule has 2 heterocycles. The van der Waals surface area contributed by atoms with Gasteiger partial charge in [-0.15, -0.1) is 0 Å². The van der Waals surface area contributed by atoms with Gasteiger partial charge in [0.2, 0.25) is 5.91 Å². The standard InChI is InChI=1S/C17H27N5O/c1-7-18-16(23)17(5,6)10-20-12(3)14-9-19-15-8-11(2)21-22(15)13(14)4/h8-9,12,20H,7,10H2,1-6H3,(H,18,23). The third kappa shape index (κ3) is 3.69. The van der Waals surface area contributed by atoms with Crippen LogP contribution < -0.4 is 10.6 Å². The maximum absolute atomic E-state index is 12.1. The fourth-order valence-electron chi connectivity index (χ4n) is 2.60. The number of carbonyl (C=O) groups is 1. The molecule has 1 amide bonds. The lowest BCUT2D eigenvalue weighted by Crippen LogP contribution is -2.44. The van der Waals surface area contributed by atoms with Crippen LogP contribution >= 0.6 is 0 Å². The second kappa shape index (κ2) is 6.66. The first-order valence-electron chi connectivity index (χ1n) is 8.10. The molecule has 6 heteroatoms. The van der Waals surface area contributed by atoms with Gasteiger partial charge in [0.1, 0.15) is 0 Å². The quantitative estimate of drug-likeness (QED) is 0.856. The summed E-state index contributed by atoms with van der Waals surface area (Å²) in [4.78, 5) is 16.6. The molecular formula is C17H27N5O. The van der Waals surface area contributed by atoms with E-state index in [-0.39, 0.29) is 11.9 Å². The van der Waals surface area contributed by atoms with E-state index in [0.29, 0.717) is 13.1 Å². The Kier molecular flexibility index (Phi) is 5.04. The van der Waals surface area contributed by atoms with E-state index in [9.17, 15) is 4.79 Å². The van der Waals surface area contributed by atoms with Gasteiger partial charge in [-0.05, 0) is 41.5 Å². The Labute approximate surface area is 137 Å². The number of hydrogen-bond donors (Lipinski definition) is 2. The number of nitrogens with one attached hydrogen (secondary N) is 2. The van der Waals surface area contributed by atoms with Crippen LogP contribution in [-0.2, 0) is 4.79 Å². The van der Waals surface area contributed by atoms with Gasteiger partial charge in [-0.3, -0.25) is 4.79 Å². The minimum absolute atomic E-state index is 0.0627. The minimum atomic E-state index is -0.460. The van der Waals surface area contributed by atoms with Crippen LogP contribution in [0.4, 0.5) is 0 Å². The van der Waals surface area contributed by atoms with Crippen LogP contribution in [0.25, 0.3) is 5.65 Å². The molecule has 0 fully saturated rings. The minimum Gasteiger partial charge on any atom is -0.356 e. The molecule has 0 spiro atoms. The van der Waals surface area contributed by atoms with Crippen molar-refractivity contribution in [2.75, 3.05) is 13.1 Å². The number of carbonyl (C=O) groups excluding carboxylic acids is 1. The van der Waals surface area contributed by atoms with Crippen molar-refractivity contribution in [2.24, 2.45) is 5.41 Å². The fraction of sp³-hybridized carbons (Fsp3) is 0.588. The zero-order chi connectivity index (χ0) is 17.2. The molecule has 0 radical (unpaired) electrons. The summed E-state index contributed by atoms with van der Waals surface area (Å²) in [5, 5.41) is 10.8. The second-order valence-corrected chi connectivity index (χ2v) is 6.70. The highest BCUT2D eigenvalue weighted by molar-refractivity contribution is 5.81. The number of nitrogens with zero attached hydrogens (tertiary/aromatic N) is 3. The van der Waals surface area contributed by atoms with E-state index < -0.39 is 5.41 Å². The van der Waals surface area contributed by atoms with E-state index in [0.717, 1.165) is 22.6 Å². The van der Waals surface area contributed by atoms with Crippen molar-refractivity contribution in [1.29, 1.82) is 0 Å². The van der Waals surface area contributed by atoms with Crippen molar-refractivity contribution < 1.29 is 4.79 Å². The normalized spacial score (nSPS) is 13.3. The summed E-state index contributed by atoms with van der Waals surface area (Å²) in [6.45, 7) is 13.2. The van der Waals surface area contributed by atoms with Crippen LogP contribution in [0.2, 0.25) is 0 Å². The predicted octanol–water partition coefficient (Wildman–Crippen LogP) is 2.16. The Morgan fingerprint density at radius 1 is 1.39 bits per heavy atom. The fourth-order valence-corrected chi connectivity index (χ4v) is 2.60. The van der Waals surface area contributed by atoms with Crippen LogP contribution in [0, 0.1) is 19.3 Å². The Morgan fingerprint density at radius 3 is 2.74 bits per heavy atom. The third-order valence-corrected chi connectivity index (χ3v) is 4.15. The molecule has 0 aliphatic heterocycles. The van der Waals surface area contributed by atoms with Gasteiger partial charge in [0.15, 0.2) is 5.65 Å². The van der Waals surface area contributed by atoms with Gasteiger partial charge >= 0.3 is 0 Å². The molecule has 2 aromatic rings. The Morgan fingerprint density at radius 2 is 2.09 bits per heavy atom. The molecule has 6 nitrogen and oxygen atoms in total. The largest absolute Gasteiger partial charge is 0.356 e. The summed E-state index contributed by atoms with van der Waals surface area (Å²) in [5.74, 6) is 0.0627. The summed E-state index contributed by atoms with van der Waals surface area (Å²) >= 11 is 0. The maximum atomic E-state index is 12.1. The first-order valence-corrected chi connectivity index (χ1v) is 8.10. The Bertz CT molecular complexity index is 704. The van der Waals surface area contributed by atoms with E-state index in [1.807, 2.05) is 51.4 Å². The highest BCUT2D eigenvalue weighted by Crippen LogP contribution is 2.20. The van der Waals surface area contributed by atoms with E-state index >= 15 is 0 Å². The summed E-state index contributed by atoms with van der Waals surface area (Å²) in [6.07, 6.45) is 1.89. The smallest absolute Gasteiger partial charge is 0.226 e. The average Bonchev–Trinajstić information content (AvgIpc) is 2.87. The average molecular weight is 317 g/mol. The third-order valence-electron chi connectivity index (χ3n) is 4.15. The molecule has 0 aliphatic rings. The molecule has 2 N–H and O–H groups in total. The lowest BCUT2D eigenvalue weighted by Gasteiger charge is -2.26. The number of fused-ring (bicyclic) bond motifs is 1. The van der Waals surface area contributed by atoms with E-state index in [4.69, 9.17) is 0 Å². The molecule has 0 saturated heterocycles. The molecule has 1 unspecified atom stereocenters. The first-order chi connectivity index (χ1) is 10.8. The molecule has 23 heavy (non-hydrogen) atoms. The molecule has 0 bridgehead atoms. The molecule has 126 valence electrons. The second-order valence-electron chi connectivity index (χ2n) is 6.70. The monoisotopic (exact) mass is 317 g/mol. The zero-order valence-electron chi connectivity index (χ0n) is 14.9. The lowest BCUT2D eigenvalue weighted by molar-refractivity contribution is -0.129. The van der Waals surface area contributed by atoms with E-state index in [1.54, 1.807) is 0 Å². The van der Waals surface area contributed by atoms with Crippen molar-refractivity contribution in [1.82, 2.24) is 25.2 Å². The van der Waals surface area contributed by atoms with Gasteiger partial charge in [-0.2, -0.15) is 5.10 Å². The number of amides is 1. The molecule has 0 aliphatic carbocycles. The number of rotatable bonds is 6. The Hall–Kier alpha value is -1.95. The summed E-state index contributed by atoms with van der Waals surface area (Å²) in [6, 6.07) is 2.05. The highest BCUT2D eigenvalue weighted by atomic mass is 16.2. The van der Waals surface area contributed by atoms with E-state index in [1.165, 1.54) is 0 Å². The van der Waals surface area contributed by atoms with Crippen LogP contribution in [-0.4, -0.2) is 33.6 Å². The SMILES string of the molecule is CCNC(=O)C(C)(C)CNC(C)c1cnc2cc(C)nn2c1C. The highest BCUT2D eigenvalue weighted by Gasteiger charge is 2.27. The van der Waals surface area contributed by atoms with Crippen LogP contribution in [0.5, 0.6) is 0 Å². The van der Waals surface area contributed by atoms with Gasteiger partial charge in [0.05, 0.1) is 11.1 Å². The topological polar surface area (TPSA) is 71.3 Å². The lowest BCUT2D eigenvalue weighted by atomic mass is 9.91. The first kappa shape index (κ1) is 17.4. The van der Waals surface area contributed by atoms with Gasteiger partial charge in [-0.1, -0.05) is 0 Å². The number of aromatic nitrogens is 3. The van der Waals surface area contributed by atoms with Crippen molar-refractivity contribution in [3.63, 3.8) is 0 Å². The van der Waals surface area contributed by atoms with E-state index in [2.05, 4.69) is 27.6 Å². The summed E-state index contributed by atoms with van der Waals surface area (Å²) < 4.78 is 1.87. The molecule has 2 rings (SSSR count). The molecular weight excluding hydrogens is 290 g/mol. The van der Waals surface area contributed by atoms with Crippen molar-refractivity contribution >= 4 is 11.6 Å². The molecule has 2 aromatic heterocycles. The summed E-state index contributed by atoms with van der Waals surface area (Å²) in [5.41, 5.74) is 3.51. The molecule has 0 saturated carbocycles. The molecule has 1 atom stereocenters.